The Morgan fingerprint density at radius 1 is 1.48 bits per heavy atom. The number of carboxylic acids is 1. The van der Waals surface area contributed by atoms with Gasteiger partial charge in [0.15, 0.2) is 0 Å². The van der Waals surface area contributed by atoms with E-state index < -0.39 is 5.97 Å². The van der Waals surface area contributed by atoms with Crippen molar-refractivity contribution in [1.29, 1.82) is 0 Å². The third kappa shape index (κ3) is 4.22. The third-order valence-corrected chi connectivity index (χ3v) is 4.08. The molecular formula is C14H16N2O4S. The average molecular weight is 308 g/mol. The van der Waals surface area contributed by atoms with Gasteiger partial charge in [-0.2, -0.15) is 0 Å². The summed E-state index contributed by atoms with van der Waals surface area (Å²) in [5.41, 5.74) is 1.08. The number of nitrogens with one attached hydrogen (secondary N) is 2. The van der Waals surface area contributed by atoms with Crippen LogP contribution in [0.3, 0.4) is 0 Å². The highest BCUT2D eigenvalue weighted by Gasteiger charge is 2.17. The summed E-state index contributed by atoms with van der Waals surface area (Å²) < 4.78 is 0. The molecule has 1 atom stereocenters. The molecule has 21 heavy (non-hydrogen) atoms. The number of thioether (sulfide) groups is 1. The Bertz CT molecular complexity index is 588. The maximum absolute atomic E-state index is 12.0. The number of rotatable bonds is 5. The van der Waals surface area contributed by atoms with Crippen molar-refractivity contribution in [2.75, 3.05) is 17.6 Å². The molecule has 112 valence electrons. The minimum absolute atomic E-state index is 0.0111. The number of benzene rings is 1. The topological polar surface area (TPSA) is 95.5 Å². The Kier molecular flexibility index (Phi) is 4.85. The van der Waals surface area contributed by atoms with Gasteiger partial charge in [0.05, 0.1) is 11.4 Å². The lowest BCUT2D eigenvalue weighted by atomic mass is 10.1. The van der Waals surface area contributed by atoms with E-state index in [2.05, 4.69) is 10.6 Å². The molecule has 1 aliphatic heterocycles. The number of amides is 2. The lowest BCUT2D eigenvalue weighted by Crippen LogP contribution is -2.29. The largest absolute Gasteiger partial charge is 0.481 e. The average Bonchev–Trinajstić information content (AvgIpc) is 2.43. The summed E-state index contributed by atoms with van der Waals surface area (Å²) in [6, 6.07) is 5.13. The van der Waals surface area contributed by atoms with Gasteiger partial charge in [-0.1, -0.05) is 6.92 Å². The first-order valence-corrected chi connectivity index (χ1v) is 7.51. The minimum atomic E-state index is -0.884. The molecule has 3 N–H and O–H groups in total. The van der Waals surface area contributed by atoms with Gasteiger partial charge < -0.3 is 15.7 Å². The van der Waals surface area contributed by atoms with Gasteiger partial charge in [-0.25, -0.2) is 0 Å². The van der Waals surface area contributed by atoms with Gasteiger partial charge in [0.2, 0.25) is 5.91 Å². The van der Waals surface area contributed by atoms with Gasteiger partial charge >= 0.3 is 5.97 Å². The molecule has 2 rings (SSSR count). The third-order valence-electron chi connectivity index (χ3n) is 3.01. The summed E-state index contributed by atoms with van der Waals surface area (Å²) in [5.74, 6) is -1.00. The van der Waals surface area contributed by atoms with E-state index in [1.165, 1.54) is 11.8 Å². The summed E-state index contributed by atoms with van der Waals surface area (Å²) in [7, 11) is 0. The van der Waals surface area contributed by atoms with E-state index in [4.69, 9.17) is 5.11 Å². The molecule has 6 nitrogen and oxygen atoms in total. The van der Waals surface area contributed by atoms with Crippen LogP contribution < -0.4 is 10.6 Å². The number of carbonyl (C=O) groups is 3. The Hall–Kier alpha value is -2.02. The SMILES string of the molecule is CC(CNC(=O)c1ccc2c(c1)NC(=O)CS2)CC(=O)O. The molecule has 1 unspecified atom stereocenters. The predicted octanol–water partition coefficient (Wildman–Crippen LogP) is 1.57. The zero-order valence-electron chi connectivity index (χ0n) is 11.5. The van der Waals surface area contributed by atoms with Crippen molar-refractivity contribution in [3.8, 4) is 0 Å². The number of carbonyl (C=O) groups excluding carboxylic acids is 2. The highest BCUT2D eigenvalue weighted by molar-refractivity contribution is 8.00. The second-order valence-corrected chi connectivity index (χ2v) is 5.98. The summed E-state index contributed by atoms with van der Waals surface area (Å²) in [4.78, 5) is 34.9. The smallest absolute Gasteiger partial charge is 0.303 e. The van der Waals surface area contributed by atoms with Crippen LogP contribution in [0.5, 0.6) is 0 Å². The molecule has 0 aliphatic carbocycles. The van der Waals surface area contributed by atoms with Crippen molar-refractivity contribution in [1.82, 2.24) is 5.32 Å². The zero-order valence-corrected chi connectivity index (χ0v) is 12.3. The summed E-state index contributed by atoms with van der Waals surface area (Å²) in [6.45, 7) is 2.06. The Balaban J connectivity index is 1.98. The fraction of sp³-hybridized carbons (Fsp3) is 0.357. The Morgan fingerprint density at radius 2 is 2.24 bits per heavy atom. The Morgan fingerprint density at radius 3 is 2.95 bits per heavy atom. The predicted molar refractivity (Wildman–Crippen MR) is 79.5 cm³/mol. The molecule has 0 bridgehead atoms. The quantitative estimate of drug-likeness (QED) is 0.767. The van der Waals surface area contributed by atoms with Gasteiger partial charge in [-0.05, 0) is 24.1 Å². The van der Waals surface area contributed by atoms with Crippen LogP contribution in [0.2, 0.25) is 0 Å². The standard InChI is InChI=1S/C14H16N2O4S/c1-8(4-13(18)19)6-15-14(20)9-2-3-11-10(5-9)16-12(17)7-21-11/h2-3,5,8H,4,6-7H2,1H3,(H,15,20)(H,16,17)(H,18,19). The van der Waals surface area contributed by atoms with E-state index >= 15 is 0 Å². The van der Waals surface area contributed by atoms with Crippen LogP contribution in [0.4, 0.5) is 5.69 Å². The van der Waals surface area contributed by atoms with Crippen LogP contribution in [0.25, 0.3) is 0 Å². The normalized spacial score (nSPS) is 14.8. The molecule has 2 amide bonds. The second-order valence-electron chi connectivity index (χ2n) is 4.96. The van der Waals surface area contributed by atoms with Crippen LogP contribution >= 0.6 is 11.8 Å². The molecule has 0 saturated carbocycles. The summed E-state index contributed by atoms with van der Waals surface area (Å²) >= 11 is 1.43. The number of fused-ring (bicyclic) bond motifs is 1. The van der Waals surface area contributed by atoms with Gasteiger partial charge in [-0.15, -0.1) is 11.8 Å². The summed E-state index contributed by atoms with van der Waals surface area (Å²) in [5, 5.41) is 14.1. The molecule has 1 heterocycles. The highest BCUT2D eigenvalue weighted by Crippen LogP contribution is 2.31. The number of carboxylic acid groups (broad SMARTS) is 1. The fourth-order valence-electron chi connectivity index (χ4n) is 1.96. The number of hydrogen-bond acceptors (Lipinski definition) is 4. The molecular weight excluding hydrogens is 292 g/mol. The highest BCUT2D eigenvalue weighted by atomic mass is 32.2. The Labute approximate surface area is 126 Å². The lowest BCUT2D eigenvalue weighted by molar-refractivity contribution is -0.137. The molecule has 7 heteroatoms. The zero-order chi connectivity index (χ0) is 15.4. The van der Waals surface area contributed by atoms with Crippen molar-refractivity contribution in [2.24, 2.45) is 5.92 Å². The monoisotopic (exact) mass is 308 g/mol. The lowest BCUT2D eigenvalue weighted by Gasteiger charge is -2.17. The van der Waals surface area contributed by atoms with E-state index in [0.29, 0.717) is 23.5 Å². The van der Waals surface area contributed by atoms with Crippen molar-refractivity contribution in [3.63, 3.8) is 0 Å². The van der Waals surface area contributed by atoms with Crippen molar-refractivity contribution in [3.05, 3.63) is 23.8 Å². The van der Waals surface area contributed by atoms with E-state index in [1.807, 2.05) is 0 Å². The van der Waals surface area contributed by atoms with E-state index in [1.54, 1.807) is 25.1 Å². The molecule has 1 aliphatic rings. The van der Waals surface area contributed by atoms with E-state index in [9.17, 15) is 14.4 Å². The van der Waals surface area contributed by atoms with Crippen LogP contribution in [-0.2, 0) is 9.59 Å². The maximum atomic E-state index is 12.0. The maximum Gasteiger partial charge on any atom is 0.303 e. The van der Waals surface area contributed by atoms with Crippen LogP contribution in [0, 0.1) is 5.92 Å². The summed E-state index contributed by atoms with van der Waals surface area (Å²) in [6.07, 6.45) is 0.0111. The molecule has 0 saturated heterocycles. The second kappa shape index (κ2) is 6.62. The van der Waals surface area contributed by atoms with Crippen molar-refractivity contribution < 1.29 is 19.5 Å². The van der Waals surface area contributed by atoms with Gasteiger partial charge in [0.25, 0.3) is 5.91 Å². The van der Waals surface area contributed by atoms with Crippen LogP contribution in [0.15, 0.2) is 23.1 Å². The minimum Gasteiger partial charge on any atom is -0.481 e. The van der Waals surface area contributed by atoms with E-state index in [-0.39, 0.29) is 24.2 Å². The molecule has 1 aromatic rings. The van der Waals surface area contributed by atoms with Crippen molar-refractivity contribution in [2.45, 2.75) is 18.2 Å². The van der Waals surface area contributed by atoms with Gasteiger partial charge in [0, 0.05) is 23.4 Å². The number of hydrogen-bond donors (Lipinski definition) is 3. The molecule has 0 spiro atoms. The van der Waals surface area contributed by atoms with E-state index in [0.717, 1.165) is 4.90 Å². The van der Waals surface area contributed by atoms with Crippen molar-refractivity contribution >= 4 is 35.2 Å². The number of aliphatic carboxylic acids is 1. The molecule has 0 fully saturated rings. The first kappa shape index (κ1) is 15.4. The first-order chi connectivity index (χ1) is 9.95. The number of anilines is 1. The molecule has 0 radical (unpaired) electrons. The molecule has 1 aromatic carbocycles. The first-order valence-electron chi connectivity index (χ1n) is 6.52. The fourth-order valence-corrected chi connectivity index (χ4v) is 2.75. The van der Waals surface area contributed by atoms with Crippen LogP contribution in [0.1, 0.15) is 23.7 Å². The van der Waals surface area contributed by atoms with Gasteiger partial charge in [0.1, 0.15) is 0 Å². The van der Waals surface area contributed by atoms with Crippen LogP contribution in [-0.4, -0.2) is 35.2 Å². The van der Waals surface area contributed by atoms with Gasteiger partial charge in [-0.3, -0.25) is 14.4 Å². The molecule has 0 aromatic heterocycles.